The second kappa shape index (κ2) is 46.8. The van der Waals surface area contributed by atoms with Crippen molar-refractivity contribution >= 4 is 5.91 Å². The molecule has 0 aliphatic carbocycles. The van der Waals surface area contributed by atoms with Crippen LogP contribution in [0.5, 0.6) is 0 Å². The van der Waals surface area contributed by atoms with Crippen LogP contribution in [0.4, 0.5) is 0 Å². The maximum absolute atomic E-state index is 12.5. The molecule has 0 aromatic heterocycles. The van der Waals surface area contributed by atoms with E-state index in [0.29, 0.717) is 12.8 Å². The highest BCUT2D eigenvalue weighted by molar-refractivity contribution is 5.80. The Morgan fingerprint density at radius 2 is 0.679 bits per heavy atom. The molecule has 0 aromatic rings. The van der Waals surface area contributed by atoms with Gasteiger partial charge in [0.1, 0.15) is 6.10 Å². The molecule has 5 heteroatoms. The highest BCUT2D eigenvalue weighted by atomic mass is 16.3. The number of unbranched alkanes of at least 4 members (excludes halogenated alkanes) is 37. The standard InChI is InChI=1S/C51H101NO4/c1-3-5-7-9-11-13-15-17-19-21-22-23-24-25-26-27-28-30-32-34-36-38-40-42-44-46-50(55)51(56)52-48(47-53)49(54)45-43-41-39-37-35-33-31-29-20-18-16-14-12-10-8-6-4-2/h25-26,48-50,53-55H,3-24,27-47H2,1-2H3,(H,52,56)/b26-25-. The Balaban J connectivity index is 3.55. The monoisotopic (exact) mass is 792 g/mol. The summed E-state index contributed by atoms with van der Waals surface area (Å²) in [4.78, 5) is 12.5. The Morgan fingerprint density at radius 1 is 0.411 bits per heavy atom. The molecule has 0 aromatic carbocycles. The van der Waals surface area contributed by atoms with Gasteiger partial charge in [0.05, 0.1) is 18.8 Å². The highest BCUT2D eigenvalue weighted by Crippen LogP contribution is 2.17. The van der Waals surface area contributed by atoms with Crippen LogP contribution in [0.15, 0.2) is 12.2 Å². The van der Waals surface area contributed by atoms with Crippen molar-refractivity contribution in [2.24, 2.45) is 0 Å². The topological polar surface area (TPSA) is 89.8 Å². The van der Waals surface area contributed by atoms with Gasteiger partial charge in [-0.3, -0.25) is 4.79 Å². The quantitative estimate of drug-likeness (QED) is 0.0365. The lowest BCUT2D eigenvalue weighted by Gasteiger charge is -2.23. The van der Waals surface area contributed by atoms with Crippen LogP contribution in [-0.2, 0) is 4.79 Å². The second-order valence-corrected chi connectivity index (χ2v) is 17.7. The van der Waals surface area contributed by atoms with Crippen molar-refractivity contribution < 1.29 is 20.1 Å². The molecule has 56 heavy (non-hydrogen) atoms. The van der Waals surface area contributed by atoms with Crippen molar-refractivity contribution in [2.45, 2.75) is 302 Å². The first-order valence-electron chi connectivity index (χ1n) is 25.5. The van der Waals surface area contributed by atoms with Crippen LogP contribution in [-0.4, -0.2) is 46.1 Å². The predicted octanol–water partition coefficient (Wildman–Crippen LogP) is 15.2. The van der Waals surface area contributed by atoms with E-state index < -0.39 is 24.2 Å². The van der Waals surface area contributed by atoms with Crippen LogP contribution in [0.25, 0.3) is 0 Å². The first-order valence-corrected chi connectivity index (χ1v) is 25.5. The molecular formula is C51H101NO4. The summed E-state index contributed by atoms with van der Waals surface area (Å²) >= 11 is 0. The molecule has 3 atom stereocenters. The van der Waals surface area contributed by atoms with Gasteiger partial charge in [-0.05, 0) is 38.5 Å². The molecule has 0 saturated carbocycles. The number of hydrogen-bond acceptors (Lipinski definition) is 4. The van der Waals surface area contributed by atoms with Crippen LogP contribution in [0.2, 0.25) is 0 Å². The van der Waals surface area contributed by atoms with Crippen LogP contribution < -0.4 is 5.32 Å². The van der Waals surface area contributed by atoms with Crippen molar-refractivity contribution in [1.82, 2.24) is 5.32 Å². The molecule has 334 valence electrons. The van der Waals surface area contributed by atoms with E-state index in [2.05, 4.69) is 31.3 Å². The van der Waals surface area contributed by atoms with Gasteiger partial charge in [0.2, 0.25) is 5.91 Å². The Labute approximate surface area is 350 Å². The molecule has 0 aliphatic heterocycles. The Hall–Kier alpha value is -0.910. The van der Waals surface area contributed by atoms with Crippen molar-refractivity contribution in [2.75, 3.05) is 6.61 Å². The molecular weight excluding hydrogens is 691 g/mol. The summed E-state index contributed by atoms with van der Waals surface area (Å²) in [5.41, 5.74) is 0. The summed E-state index contributed by atoms with van der Waals surface area (Å²) in [6, 6.07) is -0.710. The average molecular weight is 792 g/mol. The lowest BCUT2D eigenvalue weighted by Crippen LogP contribution is -2.49. The Morgan fingerprint density at radius 3 is 0.982 bits per heavy atom. The van der Waals surface area contributed by atoms with E-state index in [-0.39, 0.29) is 6.61 Å². The largest absolute Gasteiger partial charge is 0.394 e. The van der Waals surface area contributed by atoms with E-state index in [1.807, 2.05) is 0 Å². The zero-order chi connectivity index (χ0) is 40.8. The van der Waals surface area contributed by atoms with Crippen molar-refractivity contribution in [3.05, 3.63) is 12.2 Å². The molecule has 0 spiro atoms. The molecule has 0 radical (unpaired) electrons. The number of allylic oxidation sites excluding steroid dienone is 2. The summed E-state index contributed by atoms with van der Waals surface area (Å²) < 4.78 is 0. The zero-order valence-corrected chi connectivity index (χ0v) is 38.0. The van der Waals surface area contributed by atoms with Gasteiger partial charge in [-0.1, -0.05) is 257 Å². The highest BCUT2D eigenvalue weighted by Gasteiger charge is 2.23. The van der Waals surface area contributed by atoms with Crippen LogP contribution in [0.1, 0.15) is 284 Å². The van der Waals surface area contributed by atoms with Gasteiger partial charge < -0.3 is 20.6 Å². The zero-order valence-electron chi connectivity index (χ0n) is 38.0. The lowest BCUT2D eigenvalue weighted by molar-refractivity contribution is -0.131. The Bertz CT molecular complexity index is 788. The number of nitrogens with one attached hydrogen (secondary N) is 1. The fourth-order valence-electron chi connectivity index (χ4n) is 8.13. The Kier molecular flexibility index (Phi) is 46.0. The van der Waals surface area contributed by atoms with Gasteiger partial charge in [0.15, 0.2) is 0 Å². The minimum Gasteiger partial charge on any atom is -0.394 e. The van der Waals surface area contributed by atoms with Crippen LogP contribution in [0.3, 0.4) is 0 Å². The third kappa shape index (κ3) is 41.3. The molecule has 1 amide bonds. The minimum atomic E-state index is -1.07. The molecule has 4 N–H and O–H groups in total. The van der Waals surface area contributed by atoms with Crippen LogP contribution >= 0.6 is 0 Å². The van der Waals surface area contributed by atoms with Gasteiger partial charge in [-0.2, -0.15) is 0 Å². The van der Waals surface area contributed by atoms with Crippen molar-refractivity contribution in [1.29, 1.82) is 0 Å². The van der Waals surface area contributed by atoms with Gasteiger partial charge in [-0.25, -0.2) is 0 Å². The van der Waals surface area contributed by atoms with Gasteiger partial charge in [0.25, 0.3) is 0 Å². The molecule has 0 rings (SSSR count). The van der Waals surface area contributed by atoms with Gasteiger partial charge in [0, 0.05) is 0 Å². The van der Waals surface area contributed by atoms with E-state index in [4.69, 9.17) is 0 Å². The maximum Gasteiger partial charge on any atom is 0.249 e. The lowest BCUT2D eigenvalue weighted by atomic mass is 10.0. The first-order chi connectivity index (χ1) is 27.6. The average Bonchev–Trinajstić information content (AvgIpc) is 3.20. The fraction of sp³-hybridized carbons (Fsp3) is 0.941. The van der Waals surface area contributed by atoms with E-state index >= 15 is 0 Å². The smallest absolute Gasteiger partial charge is 0.249 e. The fourth-order valence-corrected chi connectivity index (χ4v) is 8.13. The van der Waals surface area contributed by atoms with Gasteiger partial charge in [-0.15, -0.1) is 0 Å². The molecule has 3 unspecified atom stereocenters. The summed E-state index contributed by atoms with van der Waals surface area (Å²) in [5.74, 6) is -0.468. The summed E-state index contributed by atoms with van der Waals surface area (Å²) in [6.07, 6.45) is 56.6. The van der Waals surface area contributed by atoms with E-state index in [9.17, 15) is 20.1 Å². The van der Waals surface area contributed by atoms with E-state index in [1.165, 1.54) is 225 Å². The summed E-state index contributed by atoms with van der Waals surface area (Å²) in [7, 11) is 0. The van der Waals surface area contributed by atoms with Crippen molar-refractivity contribution in [3.8, 4) is 0 Å². The molecule has 0 fully saturated rings. The summed E-state index contributed by atoms with van der Waals surface area (Å²) in [6.45, 7) is 4.26. The number of aliphatic hydroxyl groups is 3. The summed E-state index contributed by atoms with van der Waals surface area (Å²) in [5, 5.41) is 33.4. The molecule has 0 bridgehead atoms. The molecule has 0 saturated heterocycles. The van der Waals surface area contributed by atoms with E-state index in [0.717, 1.165) is 32.1 Å². The SMILES string of the molecule is CCCCCCCCCCCCCC/C=C\CCCCCCCCCCCC(O)C(=O)NC(CO)C(O)CCCCCCCCCCCCCCCCCCC. The predicted molar refractivity (Wildman–Crippen MR) is 245 cm³/mol. The van der Waals surface area contributed by atoms with Gasteiger partial charge >= 0.3 is 0 Å². The number of rotatable bonds is 47. The second-order valence-electron chi connectivity index (χ2n) is 17.7. The number of carbonyl (C=O) groups is 1. The maximum atomic E-state index is 12.5. The number of hydrogen-bond donors (Lipinski definition) is 4. The van der Waals surface area contributed by atoms with E-state index in [1.54, 1.807) is 0 Å². The third-order valence-corrected chi connectivity index (χ3v) is 12.1. The number of amides is 1. The molecule has 0 aliphatic rings. The number of aliphatic hydroxyl groups excluding tert-OH is 3. The third-order valence-electron chi connectivity index (χ3n) is 12.1. The molecule has 0 heterocycles. The first kappa shape index (κ1) is 55.1. The van der Waals surface area contributed by atoms with Crippen molar-refractivity contribution in [3.63, 3.8) is 0 Å². The normalized spacial score (nSPS) is 13.4. The molecule has 5 nitrogen and oxygen atoms in total. The number of carbonyl (C=O) groups excluding carboxylic acids is 1. The minimum absolute atomic E-state index is 0.311. The van der Waals surface area contributed by atoms with Crippen LogP contribution in [0, 0.1) is 0 Å².